The van der Waals surface area contributed by atoms with Crippen molar-refractivity contribution in [3.8, 4) is 0 Å². The highest BCUT2D eigenvalue weighted by atomic mass is 127. The Labute approximate surface area is 216 Å². The number of carbonyl (C=O) groups is 1. The summed E-state index contributed by atoms with van der Waals surface area (Å²) in [6.45, 7) is 7.76. The zero-order chi connectivity index (χ0) is 22.2. The molecule has 186 valence electrons. The molecule has 1 aromatic rings. The average molecular weight is 572 g/mol. The Morgan fingerprint density at radius 2 is 2.00 bits per heavy atom. The molecule has 1 aliphatic carbocycles. The summed E-state index contributed by atoms with van der Waals surface area (Å²) in [4.78, 5) is 22.5. The number of likely N-dealkylation sites (tertiary alicyclic amines) is 2. The van der Waals surface area contributed by atoms with Crippen LogP contribution in [0.4, 0.5) is 0 Å². The minimum Gasteiger partial charge on any atom is -0.469 e. The van der Waals surface area contributed by atoms with Gasteiger partial charge in [0.25, 0.3) is 0 Å². The van der Waals surface area contributed by atoms with Crippen LogP contribution in [-0.4, -0.2) is 73.0 Å². The van der Waals surface area contributed by atoms with Gasteiger partial charge in [0.05, 0.1) is 12.8 Å². The molecule has 4 rings (SSSR count). The van der Waals surface area contributed by atoms with E-state index in [1.165, 1.54) is 38.6 Å². The topological polar surface area (TPSA) is 73.1 Å². The number of guanidine groups is 1. The molecule has 3 aliphatic rings. The predicted octanol–water partition coefficient (Wildman–Crippen LogP) is 3.64. The van der Waals surface area contributed by atoms with Gasteiger partial charge in [-0.2, -0.15) is 0 Å². The number of hydrogen-bond donors (Lipinski definition) is 2. The van der Waals surface area contributed by atoms with E-state index in [1.54, 1.807) is 6.26 Å². The average Bonchev–Trinajstić information content (AvgIpc) is 3.59. The first-order valence-corrected chi connectivity index (χ1v) is 12.8. The summed E-state index contributed by atoms with van der Waals surface area (Å²) < 4.78 is 5.47. The molecule has 7 nitrogen and oxygen atoms in total. The summed E-state index contributed by atoms with van der Waals surface area (Å²) in [6, 6.07) is 4.74. The Bertz CT molecular complexity index is 735. The minimum absolute atomic E-state index is 0. The van der Waals surface area contributed by atoms with E-state index in [0.29, 0.717) is 11.9 Å². The van der Waals surface area contributed by atoms with Crippen molar-refractivity contribution < 1.29 is 9.21 Å². The van der Waals surface area contributed by atoms with Gasteiger partial charge in [-0.3, -0.25) is 14.7 Å². The van der Waals surface area contributed by atoms with Crippen molar-refractivity contribution in [2.24, 2.45) is 10.9 Å². The second kappa shape index (κ2) is 13.6. The van der Waals surface area contributed by atoms with Crippen LogP contribution in [-0.2, 0) is 11.2 Å². The smallest absolute Gasteiger partial charge is 0.225 e. The first kappa shape index (κ1) is 26.3. The van der Waals surface area contributed by atoms with Crippen LogP contribution in [0, 0.1) is 5.92 Å². The highest BCUT2D eigenvalue weighted by Crippen LogP contribution is 2.26. The van der Waals surface area contributed by atoms with Crippen LogP contribution in [0.15, 0.2) is 27.8 Å². The number of amides is 1. The van der Waals surface area contributed by atoms with E-state index < -0.39 is 0 Å². The molecular formula is C25H42IN5O2. The molecule has 3 heterocycles. The van der Waals surface area contributed by atoms with Gasteiger partial charge in [-0.15, -0.1) is 24.0 Å². The van der Waals surface area contributed by atoms with E-state index in [4.69, 9.17) is 9.41 Å². The highest BCUT2D eigenvalue weighted by Gasteiger charge is 2.32. The Kier molecular flexibility index (Phi) is 10.8. The largest absolute Gasteiger partial charge is 0.469 e. The van der Waals surface area contributed by atoms with Gasteiger partial charge in [-0.05, 0) is 57.3 Å². The maximum Gasteiger partial charge on any atom is 0.225 e. The molecule has 1 aromatic heterocycles. The fourth-order valence-electron chi connectivity index (χ4n) is 5.51. The third-order valence-corrected chi connectivity index (χ3v) is 7.40. The van der Waals surface area contributed by atoms with Crippen molar-refractivity contribution in [3.05, 3.63) is 24.2 Å². The quantitative estimate of drug-likeness (QED) is 0.283. The normalized spacial score (nSPS) is 24.6. The molecule has 2 N–H and O–H groups in total. The van der Waals surface area contributed by atoms with Crippen LogP contribution in [0.2, 0.25) is 0 Å². The van der Waals surface area contributed by atoms with Gasteiger partial charge in [-0.25, -0.2) is 0 Å². The van der Waals surface area contributed by atoms with Gasteiger partial charge in [0, 0.05) is 44.1 Å². The second-order valence-electron chi connectivity index (χ2n) is 9.62. The SMILES string of the molecule is CCN1CCCC1CN=C(NCCc1ccco1)NC1CCN(C(=O)C2CCCCC2)C1.I. The molecule has 8 heteroatoms. The van der Waals surface area contributed by atoms with Gasteiger partial charge in [0.1, 0.15) is 5.76 Å². The van der Waals surface area contributed by atoms with Gasteiger partial charge in [0.2, 0.25) is 5.91 Å². The molecule has 2 aliphatic heterocycles. The van der Waals surface area contributed by atoms with Crippen LogP contribution < -0.4 is 10.6 Å². The number of halogens is 1. The first-order chi connectivity index (χ1) is 15.7. The highest BCUT2D eigenvalue weighted by molar-refractivity contribution is 14.0. The lowest BCUT2D eigenvalue weighted by atomic mass is 9.88. The van der Waals surface area contributed by atoms with E-state index in [1.807, 2.05) is 12.1 Å². The van der Waals surface area contributed by atoms with Crippen LogP contribution >= 0.6 is 24.0 Å². The third-order valence-electron chi connectivity index (χ3n) is 7.40. The van der Waals surface area contributed by atoms with Crippen LogP contribution in [0.25, 0.3) is 0 Å². The molecule has 0 aromatic carbocycles. The maximum absolute atomic E-state index is 12.9. The molecule has 0 radical (unpaired) electrons. The van der Waals surface area contributed by atoms with E-state index in [0.717, 1.165) is 70.1 Å². The van der Waals surface area contributed by atoms with Crippen LogP contribution in [0.1, 0.15) is 64.1 Å². The number of rotatable bonds is 8. The van der Waals surface area contributed by atoms with Gasteiger partial charge in [-0.1, -0.05) is 26.2 Å². The van der Waals surface area contributed by atoms with Gasteiger partial charge >= 0.3 is 0 Å². The number of likely N-dealkylation sites (N-methyl/N-ethyl adjacent to an activating group) is 1. The van der Waals surface area contributed by atoms with Gasteiger partial charge in [0.15, 0.2) is 5.96 Å². The number of aliphatic imine (C=N–C) groups is 1. The molecular weight excluding hydrogens is 529 g/mol. The molecule has 0 spiro atoms. The molecule has 2 saturated heterocycles. The minimum atomic E-state index is 0. The third kappa shape index (κ3) is 7.60. The summed E-state index contributed by atoms with van der Waals surface area (Å²) in [7, 11) is 0. The number of nitrogens with zero attached hydrogens (tertiary/aromatic N) is 3. The van der Waals surface area contributed by atoms with Crippen molar-refractivity contribution in [1.82, 2.24) is 20.4 Å². The van der Waals surface area contributed by atoms with Crippen molar-refractivity contribution in [2.45, 2.75) is 76.8 Å². The maximum atomic E-state index is 12.9. The molecule has 0 bridgehead atoms. The fraction of sp³-hybridized carbons (Fsp3) is 0.760. The van der Waals surface area contributed by atoms with Crippen LogP contribution in [0.5, 0.6) is 0 Å². The Balaban J connectivity index is 0.00000306. The van der Waals surface area contributed by atoms with Crippen molar-refractivity contribution in [3.63, 3.8) is 0 Å². The fourth-order valence-corrected chi connectivity index (χ4v) is 5.51. The molecule has 2 unspecified atom stereocenters. The van der Waals surface area contributed by atoms with Crippen molar-refractivity contribution in [1.29, 1.82) is 0 Å². The summed E-state index contributed by atoms with van der Waals surface area (Å²) in [6.07, 6.45) is 11.9. The van der Waals surface area contributed by atoms with E-state index >= 15 is 0 Å². The summed E-state index contributed by atoms with van der Waals surface area (Å²) >= 11 is 0. The van der Waals surface area contributed by atoms with Crippen molar-refractivity contribution in [2.75, 3.05) is 39.3 Å². The lowest BCUT2D eigenvalue weighted by molar-refractivity contribution is -0.135. The lowest BCUT2D eigenvalue weighted by Crippen LogP contribution is -2.46. The zero-order valence-corrected chi connectivity index (χ0v) is 22.5. The Morgan fingerprint density at radius 1 is 1.15 bits per heavy atom. The summed E-state index contributed by atoms with van der Waals surface area (Å²) in [5, 5.41) is 7.14. The zero-order valence-electron chi connectivity index (χ0n) is 20.1. The standard InChI is InChI=1S/C25H41N5O2.HI/c1-2-29-15-6-10-22(29)18-27-25(26-14-12-23-11-7-17-32-23)28-21-13-16-30(19-21)24(31)20-8-4-3-5-9-20;/h7,11,17,20-22H,2-6,8-10,12-16,18-19H2,1H3,(H2,26,27,28);1H. The first-order valence-electron chi connectivity index (χ1n) is 12.8. The monoisotopic (exact) mass is 571 g/mol. The summed E-state index contributed by atoms with van der Waals surface area (Å²) in [5.74, 6) is 2.48. The lowest BCUT2D eigenvalue weighted by Gasteiger charge is -2.26. The molecule has 33 heavy (non-hydrogen) atoms. The molecule has 1 amide bonds. The second-order valence-corrected chi connectivity index (χ2v) is 9.62. The number of nitrogens with one attached hydrogen (secondary N) is 2. The number of furan rings is 1. The van der Waals surface area contributed by atoms with Crippen molar-refractivity contribution >= 4 is 35.8 Å². The van der Waals surface area contributed by atoms with Crippen LogP contribution in [0.3, 0.4) is 0 Å². The van der Waals surface area contributed by atoms with E-state index in [-0.39, 0.29) is 35.9 Å². The van der Waals surface area contributed by atoms with Gasteiger partial charge < -0.3 is 20.0 Å². The predicted molar refractivity (Wildman–Crippen MR) is 143 cm³/mol. The Morgan fingerprint density at radius 3 is 2.76 bits per heavy atom. The van der Waals surface area contributed by atoms with E-state index in [9.17, 15) is 4.79 Å². The molecule has 2 atom stereocenters. The number of hydrogen-bond acceptors (Lipinski definition) is 4. The summed E-state index contributed by atoms with van der Waals surface area (Å²) in [5.41, 5.74) is 0. The van der Waals surface area contributed by atoms with E-state index in [2.05, 4.69) is 27.4 Å². The number of carbonyl (C=O) groups excluding carboxylic acids is 1. The molecule has 1 saturated carbocycles. The molecule has 3 fully saturated rings. The Hall–Kier alpha value is -1.29.